The minimum Gasteiger partial charge on any atom is -0.252 e. The van der Waals surface area contributed by atoms with E-state index in [9.17, 15) is 0 Å². The predicted octanol–water partition coefficient (Wildman–Crippen LogP) is 6.94. The van der Waals surface area contributed by atoms with Gasteiger partial charge in [-0.3, -0.25) is 4.98 Å². The lowest BCUT2D eigenvalue weighted by atomic mass is 9.96. The fraction of sp³-hybridized carbons (Fsp3) is 0.240. The van der Waals surface area contributed by atoms with Gasteiger partial charge in [-0.15, -0.1) is 0 Å². The molecule has 0 spiro atoms. The second kappa shape index (κ2) is 7.29. The highest BCUT2D eigenvalue weighted by Crippen LogP contribution is 2.39. The summed E-state index contributed by atoms with van der Waals surface area (Å²) in [5, 5.41) is 0. The predicted molar refractivity (Wildman–Crippen MR) is 114 cm³/mol. The number of hydrogen-bond donors (Lipinski definition) is 0. The summed E-state index contributed by atoms with van der Waals surface area (Å²) in [4.78, 5) is 4.92. The van der Waals surface area contributed by atoms with Gasteiger partial charge in [-0.1, -0.05) is 60.2 Å². The van der Waals surface area contributed by atoms with Gasteiger partial charge in [-0.25, -0.2) is 0 Å². The molecule has 0 fully saturated rings. The highest BCUT2D eigenvalue weighted by Gasteiger charge is 2.21. The summed E-state index contributed by atoms with van der Waals surface area (Å²) in [5.74, 6) is 0. The summed E-state index contributed by atoms with van der Waals surface area (Å²) in [7, 11) is 0. The first-order chi connectivity index (χ1) is 12.4. The zero-order valence-electron chi connectivity index (χ0n) is 16.5. The summed E-state index contributed by atoms with van der Waals surface area (Å²) in [5.41, 5.74) is 12.4. The third-order valence-electron chi connectivity index (χ3n) is 5.12. The molecule has 1 nitrogen and oxygen atoms in total. The van der Waals surface area contributed by atoms with Crippen molar-refractivity contribution in [2.75, 3.05) is 0 Å². The van der Waals surface area contributed by atoms with Crippen LogP contribution in [0.15, 0.2) is 66.3 Å². The topological polar surface area (TPSA) is 12.9 Å². The molecule has 26 heavy (non-hydrogen) atoms. The zero-order valence-corrected chi connectivity index (χ0v) is 16.5. The molecule has 1 aliphatic carbocycles. The van der Waals surface area contributed by atoms with Crippen LogP contribution in [0.3, 0.4) is 0 Å². The molecular formula is C25H27N. The average molecular weight is 341 g/mol. The van der Waals surface area contributed by atoms with E-state index in [0.29, 0.717) is 0 Å². The van der Waals surface area contributed by atoms with E-state index in [1.807, 2.05) is 6.92 Å². The largest absolute Gasteiger partial charge is 0.252 e. The van der Waals surface area contributed by atoms with Crippen LogP contribution in [-0.2, 0) is 6.42 Å². The Labute approximate surface area is 157 Å². The molecule has 0 unspecified atom stereocenters. The monoisotopic (exact) mass is 341 g/mol. The van der Waals surface area contributed by atoms with Gasteiger partial charge in [0.1, 0.15) is 0 Å². The maximum atomic E-state index is 4.92. The molecule has 0 bridgehead atoms. The fourth-order valence-corrected chi connectivity index (χ4v) is 3.60. The van der Waals surface area contributed by atoms with Gasteiger partial charge in [0.25, 0.3) is 0 Å². The Balaban J connectivity index is 2.06. The minimum atomic E-state index is 0.984. The van der Waals surface area contributed by atoms with Crippen LogP contribution in [0, 0.1) is 6.92 Å². The lowest BCUT2D eigenvalue weighted by molar-refractivity contribution is 1.15. The second-order valence-electron chi connectivity index (χ2n) is 7.18. The van der Waals surface area contributed by atoms with Crippen molar-refractivity contribution in [1.82, 2.24) is 4.98 Å². The Hall–Kier alpha value is -2.67. The number of pyridine rings is 1. The van der Waals surface area contributed by atoms with E-state index in [2.05, 4.69) is 82.8 Å². The molecule has 0 atom stereocenters. The van der Waals surface area contributed by atoms with E-state index >= 15 is 0 Å². The van der Waals surface area contributed by atoms with E-state index in [-0.39, 0.29) is 0 Å². The number of rotatable bonds is 4. The maximum absolute atomic E-state index is 4.92. The van der Waals surface area contributed by atoms with Crippen LogP contribution in [0.5, 0.6) is 0 Å². The summed E-state index contributed by atoms with van der Waals surface area (Å²) >= 11 is 0. The van der Waals surface area contributed by atoms with E-state index < -0.39 is 0 Å². The average Bonchev–Trinajstić information content (AvgIpc) is 2.94. The lowest BCUT2D eigenvalue weighted by Gasteiger charge is -2.12. The van der Waals surface area contributed by atoms with Gasteiger partial charge in [0.2, 0.25) is 0 Å². The van der Waals surface area contributed by atoms with Crippen molar-refractivity contribution >= 4 is 11.1 Å². The molecule has 0 saturated carbocycles. The number of nitrogens with zero attached hydrogens (tertiary/aromatic N) is 1. The Morgan fingerprint density at radius 2 is 1.81 bits per heavy atom. The molecule has 1 aromatic heterocycles. The van der Waals surface area contributed by atoms with Crippen molar-refractivity contribution < 1.29 is 0 Å². The molecule has 0 saturated heterocycles. The lowest BCUT2D eigenvalue weighted by Crippen LogP contribution is -1.96. The van der Waals surface area contributed by atoms with Gasteiger partial charge in [0.15, 0.2) is 0 Å². The van der Waals surface area contributed by atoms with Crippen molar-refractivity contribution in [3.8, 4) is 11.3 Å². The molecule has 2 aromatic rings. The Kier molecular flexibility index (Phi) is 5.08. The SMILES string of the molecule is C=C(C)/C=C\C1=C(C)Cc2c1cccc2-c1ccc(/C(C)=C\C)c(C)n1. The molecule has 1 heterocycles. The van der Waals surface area contributed by atoms with Gasteiger partial charge >= 0.3 is 0 Å². The molecule has 132 valence electrons. The highest BCUT2D eigenvalue weighted by molar-refractivity contribution is 5.87. The number of aryl methyl sites for hydroxylation is 1. The molecule has 1 heteroatoms. The highest BCUT2D eigenvalue weighted by atomic mass is 14.7. The zero-order chi connectivity index (χ0) is 18.8. The van der Waals surface area contributed by atoms with Crippen molar-refractivity contribution in [2.24, 2.45) is 0 Å². The maximum Gasteiger partial charge on any atom is 0.0708 e. The van der Waals surface area contributed by atoms with Crippen molar-refractivity contribution in [2.45, 2.75) is 41.0 Å². The molecule has 1 aromatic carbocycles. The summed E-state index contributed by atoms with van der Waals surface area (Å²) in [6.45, 7) is 14.5. The number of hydrogen-bond acceptors (Lipinski definition) is 1. The third-order valence-corrected chi connectivity index (χ3v) is 5.12. The molecule has 3 rings (SSSR count). The first-order valence-corrected chi connectivity index (χ1v) is 9.19. The van der Waals surface area contributed by atoms with E-state index in [1.54, 1.807) is 0 Å². The Morgan fingerprint density at radius 1 is 1.08 bits per heavy atom. The summed E-state index contributed by atoms with van der Waals surface area (Å²) < 4.78 is 0. The van der Waals surface area contributed by atoms with Crippen LogP contribution < -0.4 is 0 Å². The fourth-order valence-electron chi connectivity index (χ4n) is 3.60. The normalized spacial score (nSPS) is 14.3. The Bertz CT molecular complexity index is 968. The van der Waals surface area contributed by atoms with Crippen LogP contribution >= 0.6 is 0 Å². The standard InChI is InChI=1S/C25H27N/c1-7-17(4)20-13-14-25(26-19(20)6)23-10-8-9-22-21(12-11-16(2)3)18(5)15-24(22)23/h7-14H,2,15H2,1,3-6H3/b12-11-,17-7-. The number of aromatic nitrogens is 1. The number of benzene rings is 1. The van der Waals surface area contributed by atoms with Crippen LogP contribution in [0.25, 0.3) is 22.4 Å². The number of allylic oxidation sites excluding steroid dienone is 7. The Morgan fingerprint density at radius 3 is 2.46 bits per heavy atom. The van der Waals surface area contributed by atoms with E-state index in [4.69, 9.17) is 4.98 Å². The van der Waals surface area contributed by atoms with Crippen molar-refractivity contribution in [3.63, 3.8) is 0 Å². The van der Waals surface area contributed by atoms with E-state index in [1.165, 1.54) is 39.0 Å². The summed E-state index contributed by atoms with van der Waals surface area (Å²) in [6.07, 6.45) is 7.41. The third kappa shape index (κ3) is 3.35. The smallest absolute Gasteiger partial charge is 0.0708 e. The minimum absolute atomic E-state index is 0.984. The molecule has 0 N–H and O–H groups in total. The summed E-state index contributed by atoms with van der Waals surface area (Å²) in [6, 6.07) is 10.9. The van der Waals surface area contributed by atoms with Crippen molar-refractivity contribution in [1.29, 1.82) is 0 Å². The van der Waals surface area contributed by atoms with Gasteiger partial charge in [0.05, 0.1) is 5.69 Å². The second-order valence-corrected chi connectivity index (χ2v) is 7.18. The molecule has 0 aliphatic heterocycles. The first-order valence-electron chi connectivity index (χ1n) is 9.19. The number of fused-ring (bicyclic) bond motifs is 1. The molecular weight excluding hydrogens is 314 g/mol. The van der Waals surface area contributed by atoms with Gasteiger partial charge in [-0.2, -0.15) is 0 Å². The first kappa shape index (κ1) is 18.1. The van der Waals surface area contributed by atoms with Crippen LogP contribution in [0.1, 0.15) is 50.1 Å². The molecule has 0 amide bonds. The quantitative estimate of drug-likeness (QED) is 0.549. The van der Waals surface area contributed by atoms with Crippen LogP contribution in [-0.4, -0.2) is 4.98 Å². The molecule has 1 aliphatic rings. The van der Waals surface area contributed by atoms with E-state index in [0.717, 1.165) is 23.4 Å². The van der Waals surface area contributed by atoms with Crippen molar-refractivity contribution in [3.05, 3.63) is 88.7 Å². The van der Waals surface area contributed by atoms with Crippen LogP contribution in [0.4, 0.5) is 0 Å². The molecule has 0 radical (unpaired) electrons. The van der Waals surface area contributed by atoms with Gasteiger partial charge in [0, 0.05) is 11.3 Å². The van der Waals surface area contributed by atoms with Gasteiger partial charge < -0.3 is 0 Å². The van der Waals surface area contributed by atoms with Gasteiger partial charge in [-0.05, 0) is 74.9 Å². The van der Waals surface area contributed by atoms with Crippen LogP contribution in [0.2, 0.25) is 0 Å².